The minimum Gasteiger partial charge on any atom is -0.275 e. The van der Waals surface area contributed by atoms with Gasteiger partial charge in [0.15, 0.2) is 5.65 Å². The van der Waals surface area contributed by atoms with Crippen LogP contribution in [0.15, 0.2) is 18.5 Å². The van der Waals surface area contributed by atoms with Gasteiger partial charge in [-0.1, -0.05) is 0 Å². The van der Waals surface area contributed by atoms with Crippen molar-refractivity contribution in [2.75, 3.05) is 0 Å². The third-order valence-corrected chi connectivity index (χ3v) is 2.07. The van der Waals surface area contributed by atoms with Crippen LogP contribution in [0.2, 0.25) is 0 Å². The molecular weight excluding hydrogens is 247 g/mol. The van der Waals surface area contributed by atoms with Gasteiger partial charge < -0.3 is 0 Å². The predicted molar refractivity (Wildman–Crippen MR) is 48.2 cm³/mol. The minimum atomic E-state index is -4.57. The third-order valence-electron chi connectivity index (χ3n) is 1.87. The summed E-state index contributed by atoms with van der Waals surface area (Å²) in [6, 6.07) is 0.766. The van der Waals surface area contributed by atoms with Crippen molar-refractivity contribution in [2.45, 2.75) is 6.18 Å². The first-order chi connectivity index (χ1) is 7.39. The molecule has 4 nitrogen and oxygen atoms in total. The number of carbonyl (C=O) groups is 1. The molecule has 0 saturated carbocycles. The lowest BCUT2D eigenvalue weighted by Crippen LogP contribution is -2.09. The van der Waals surface area contributed by atoms with Crippen LogP contribution in [0.25, 0.3) is 5.65 Å². The van der Waals surface area contributed by atoms with Crippen molar-refractivity contribution in [3.8, 4) is 0 Å². The van der Waals surface area contributed by atoms with E-state index in [1.54, 1.807) is 0 Å². The van der Waals surface area contributed by atoms with Gasteiger partial charge >= 0.3 is 6.18 Å². The normalized spacial score (nSPS) is 12.0. The van der Waals surface area contributed by atoms with E-state index in [0.29, 0.717) is 0 Å². The van der Waals surface area contributed by atoms with Gasteiger partial charge in [-0.15, -0.1) is 0 Å². The van der Waals surface area contributed by atoms with Crippen molar-refractivity contribution in [3.05, 3.63) is 29.7 Å². The second-order valence-electron chi connectivity index (χ2n) is 2.91. The molecule has 0 atom stereocenters. The van der Waals surface area contributed by atoms with E-state index in [2.05, 4.69) is 10.1 Å². The Hall–Kier alpha value is -1.63. The van der Waals surface area contributed by atoms with Gasteiger partial charge in [-0.25, -0.2) is 9.50 Å². The van der Waals surface area contributed by atoms with Gasteiger partial charge in [0.2, 0.25) is 0 Å². The summed E-state index contributed by atoms with van der Waals surface area (Å²) in [5.74, 6) is 0. The molecule has 0 bridgehead atoms. The number of alkyl halides is 3. The first-order valence-electron chi connectivity index (χ1n) is 4.01. The van der Waals surface area contributed by atoms with Crippen LogP contribution < -0.4 is 0 Å². The lowest BCUT2D eigenvalue weighted by Gasteiger charge is -2.05. The summed E-state index contributed by atoms with van der Waals surface area (Å²) in [5.41, 5.74) is -1.47. The van der Waals surface area contributed by atoms with Crippen LogP contribution >= 0.6 is 11.6 Å². The average molecular weight is 250 g/mol. The van der Waals surface area contributed by atoms with Gasteiger partial charge in [-0.05, 0) is 17.7 Å². The Morgan fingerprint density at radius 2 is 2.12 bits per heavy atom. The zero-order valence-corrected chi connectivity index (χ0v) is 8.25. The largest absolute Gasteiger partial charge is 0.433 e. The Balaban J connectivity index is 2.68. The Morgan fingerprint density at radius 1 is 1.44 bits per heavy atom. The molecule has 0 amide bonds. The van der Waals surface area contributed by atoms with Crippen LogP contribution in [-0.4, -0.2) is 19.8 Å². The summed E-state index contributed by atoms with van der Waals surface area (Å²) in [5, 5.41) is 2.74. The zero-order valence-electron chi connectivity index (χ0n) is 7.49. The van der Waals surface area contributed by atoms with Crippen LogP contribution in [0.4, 0.5) is 13.2 Å². The summed E-state index contributed by atoms with van der Waals surface area (Å²) >= 11 is 5.18. The maximum atomic E-state index is 12.3. The molecule has 0 unspecified atom stereocenters. The van der Waals surface area contributed by atoms with Gasteiger partial charge in [0.05, 0.1) is 11.8 Å². The average Bonchev–Trinajstić information content (AvgIpc) is 2.58. The number of hydrogen-bond acceptors (Lipinski definition) is 3. The number of carbonyl (C=O) groups excluding carboxylic acids is 1. The van der Waals surface area contributed by atoms with Gasteiger partial charge in [0.1, 0.15) is 5.69 Å². The Morgan fingerprint density at radius 3 is 2.69 bits per heavy atom. The molecule has 8 heteroatoms. The number of rotatable bonds is 1. The van der Waals surface area contributed by atoms with E-state index in [9.17, 15) is 18.0 Å². The standard InChI is InChI=1S/C8H3ClF3N3O/c9-6(16)4-3-13-15-2-1-5(8(10,11)12)14-7(4)15/h1-3H. The molecule has 0 radical (unpaired) electrons. The molecule has 2 aromatic rings. The maximum Gasteiger partial charge on any atom is 0.433 e. The van der Waals surface area contributed by atoms with Crippen LogP contribution in [0, 0.1) is 0 Å². The fourth-order valence-corrected chi connectivity index (χ4v) is 1.30. The molecule has 0 aliphatic rings. The zero-order chi connectivity index (χ0) is 11.9. The Bertz CT molecular complexity index is 563. The monoisotopic (exact) mass is 249 g/mol. The lowest BCUT2D eigenvalue weighted by atomic mass is 10.3. The highest BCUT2D eigenvalue weighted by molar-refractivity contribution is 6.68. The van der Waals surface area contributed by atoms with Crippen LogP contribution in [0.1, 0.15) is 16.1 Å². The van der Waals surface area contributed by atoms with Gasteiger partial charge in [-0.3, -0.25) is 4.79 Å². The number of nitrogens with zero attached hydrogens (tertiary/aromatic N) is 3. The van der Waals surface area contributed by atoms with E-state index in [1.807, 2.05) is 0 Å². The highest BCUT2D eigenvalue weighted by Crippen LogP contribution is 2.28. The quantitative estimate of drug-likeness (QED) is 0.728. The predicted octanol–water partition coefficient (Wildman–Crippen LogP) is 2.13. The van der Waals surface area contributed by atoms with Crippen molar-refractivity contribution in [1.29, 1.82) is 0 Å². The van der Waals surface area contributed by atoms with Gasteiger partial charge in [-0.2, -0.15) is 18.3 Å². The molecule has 0 aromatic carbocycles. The Kier molecular flexibility index (Phi) is 2.34. The fraction of sp³-hybridized carbons (Fsp3) is 0.125. The van der Waals surface area contributed by atoms with E-state index in [1.165, 1.54) is 0 Å². The van der Waals surface area contributed by atoms with Crippen molar-refractivity contribution in [2.24, 2.45) is 0 Å². The lowest BCUT2D eigenvalue weighted by molar-refractivity contribution is -0.141. The summed E-state index contributed by atoms with van der Waals surface area (Å²) in [6.07, 6.45) is -2.44. The molecule has 0 N–H and O–H groups in total. The van der Waals surface area contributed by atoms with E-state index < -0.39 is 17.1 Å². The highest BCUT2D eigenvalue weighted by Gasteiger charge is 2.33. The van der Waals surface area contributed by atoms with Crippen LogP contribution in [0.3, 0.4) is 0 Å². The topological polar surface area (TPSA) is 47.3 Å². The minimum absolute atomic E-state index is 0.159. The SMILES string of the molecule is O=C(Cl)c1cnn2ccc(C(F)(F)F)nc12. The molecule has 2 aromatic heterocycles. The summed E-state index contributed by atoms with van der Waals surface area (Å²) < 4.78 is 38.1. The number of aromatic nitrogens is 3. The first-order valence-corrected chi connectivity index (χ1v) is 4.39. The highest BCUT2D eigenvalue weighted by atomic mass is 35.5. The molecule has 2 heterocycles. The molecule has 0 fully saturated rings. The van der Waals surface area contributed by atoms with Crippen LogP contribution in [-0.2, 0) is 6.18 Å². The fourth-order valence-electron chi connectivity index (χ4n) is 1.17. The first kappa shape index (κ1) is 10.9. The van der Waals surface area contributed by atoms with Crippen molar-refractivity contribution < 1.29 is 18.0 Å². The molecule has 2 rings (SSSR count). The summed E-state index contributed by atoms with van der Waals surface area (Å²) in [4.78, 5) is 14.2. The second-order valence-corrected chi connectivity index (χ2v) is 3.25. The number of fused-ring (bicyclic) bond motifs is 1. The second kappa shape index (κ2) is 3.44. The summed E-state index contributed by atoms with van der Waals surface area (Å²) in [7, 11) is 0. The number of halogens is 4. The molecule has 0 aliphatic carbocycles. The van der Waals surface area contributed by atoms with Gasteiger partial charge in [0, 0.05) is 6.20 Å². The molecule has 0 aliphatic heterocycles. The van der Waals surface area contributed by atoms with E-state index in [-0.39, 0.29) is 11.2 Å². The third kappa shape index (κ3) is 1.73. The molecule has 84 valence electrons. The smallest absolute Gasteiger partial charge is 0.275 e. The number of hydrogen-bond donors (Lipinski definition) is 0. The Labute approximate surface area is 91.6 Å². The maximum absolute atomic E-state index is 12.3. The molecule has 0 spiro atoms. The summed E-state index contributed by atoms with van der Waals surface area (Å²) in [6.45, 7) is 0. The molecule has 0 saturated heterocycles. The van der Waals surface area contributed by atoms with Gasteiger partial charge in [0.25, 0.3) is 5.24 Å². The van der Waals surface area contributed by atoms with E-state index in [4.69, 9.17) is 11.6 Å². The van der Waals surface area contributed by atoms with Crippen LogP contribution in [0.5, 0.6) is 0 Å². The van der Waals surface area contributed by atoms with E-state index >= 15 is 0 Å². The molecule has 16 heavy (non-hydrogen) atoms. The van der Waals surface area contributed by atoms with E-state index in [0.717, 1.165) is 23.0 Å². The van der Waals surface area contributed by atoms with Crippen molar-refractivity contribution >= 4 is 22.5 Å². The van der Waals surface area contributed by atoms with Crippen molar-refractivity contribution in [3.63, 3.8) is 0 Å². The van der Waals surface area contributed by atoms with Crippen molar-refractivity contribution in [1.82, 2.24) is 14.6 Å². The molecular formula is C8H3ClF3N3O.